The van der Waals surface area contributed by atoms with Crippen molar-refractivity contribution in [2.45, 2.75) is 45.4 Å². The molecule has 4 rings (SSSR count). The van der Waals surface area contributed by atoms with E-state index in [2.05, 4.69) is 31.1 Å². The van der Waals surface area contributed by atoms with Crippen molar-refractivity contribution >= 4 is 5.95 Å². The molecule has 1 aliphatic carbocycles. The monoisotopic (exact) mass is 339 g/mol. The molecule has 6 heteroatoms. The van der Waals surface area contributed by atoms with Crippen molar-refractivity contribution in [3.63, 3.8) is 0 Å². The lowest BCUT2D eigenvalue weighted by atomic mass is 9.98. The van der Waals surface area contributed by atoms with E-state index in [1.165, 1.54) is 12.8 Å². The molecule has 0 spiro atoms. The number of nitrogens with zero attached hydrogens (tertiary/aromatic N) is 5. The van der Waals surface area contributed by atoms with E-state index in [4.69, 9.17) is 4.74 Å². The molecule has 3 heterocycles. The van der Waals surface area contributed by atoms with Crippen molar-refractivity contribution in [1.29, 1.82) is 0 Å². The molecule has 2 fully saturated rings. The van der Waals surface area contributed by atoms with Crippen molar-refractivity contribution in [2.24, 2.45) is 5.92 Å². The molecule has 0 radical (unpaired) electrons. The molecule has 0 bridgehead atoms. The third kappa shape index (κ3) is 4.06. The van der Waals surface area contributed by atoms with Crippen molar-refractivity contribution in [2.75, 3.05) is 24.6 Å². The van der Waals surface area contributed by atoms with E-state index in [-0.39, 0.29) is 0 Å². The SMILES string of the molecule is Cc1cc(C)nc(N2CCC(COc3ccc(C4CC4)nn3)CC2)n1. The van der Waals surface area contributed by atoms with Gasteiger partial charge in [0.05, 0.1) is 12.3 Å². The number of piperidine rings is 1. The van der Waals surface area contributed by atoms with Crippen molar-refractivity contribution < 1.29 is 4.74 Å². The van der Waals surface area contributed by atoms with E-state index in [0.29, 0.717) is 24.3 Å². The van der Waals surface area contributed by atoms with Gasteiger partial charge >= 0.3 is 0 Å². The topological polar surface area (TPSA) is 64.0 Å². The molecule has 0 amide bonds. The lowest BCUT2D eigenvalue weighted by molar-refractivity contribution is 0.213. The van der Waals surface area contributed by atoms with Crippen LogP contribution in [0.1, 0.15) is 48.7 Å². The summed E-state index contributed by atoms with van der Waals surface area (Å²) < 4.78 is 5.86. The van der Waals surface area contributed by atoms with Crippen LogP contribution in [0.25, 0.3) is 0 Å². The Bertz CT molecular complexity index is 701. The fourth-order valence-electron chi connectivity index (χ4n) is 3.36. The van der Waals surface area contributed by atoms with Crippen LogP contribution in [0.15, 0.2) is 18.2 Å². The highest BCUT2D eigenvalue weighted by Gasteiger charge is 2.25. The standard InChI is InChI=1S/C19H25N5O/c1-13-11-14(2)21-19(20-13)24-9-7-15(8-10-24)12-25-18-6-5-17(22-23-18)16-3-4-16/h5-6,11,15-16H,3-4,7-10,12H2,1-2H3. The predicted molar refractivity (Wildman–Crippen MR) is 95.9 cm³/mol. The van der Waals surface area contributed by atoms with Gasteiger partial charge in [0, 0.05) is 36.5 Å². The zero-order valence-corrected chi connectivity index (χ0v) is 15.0. The molecule has 1 saturated carbocycles. The molecule has 1 aliphatic heterocycles. The summed E-state index contributed by atoms with van der Waals surface area (Å²) in [5, 5.41) is 8.48. The summed E-state index contributed by atoms with van der Waals surface area (Å²) in [6.45, 7) is 6.70. The molecule has 0 atom stereocenters. The minimum absolute atomic E-state index is 0.548. The summed E-state index contributed by atoms with van der Waals surface area (Å²) in [6.07, 6.45) is 4.67. The zero-order valence-electron chi connectivity index (χ0n) is 15.0. The first kappa shape index (κ1) is 16.2. The molecule has 132 valence electrons. The number of hydrogen-bond acceptors (Lipinski definition) is 6. The number of hydrogen-bond donors (Lipinski definition) is 0. The summed E-state index contributed by atoms with van der Waals surface area (Å²) in [5.74, 6) is 2.69. The Kier molecular flexibility index (Phi) is 4.51. The van der Waals surface area contributed by atoms with Crippen LogP contribution in [0.2, 0.25) is 0 Å². The summed E-state index contributed by atoms with van der Waals surface area (Å²) in [7, 11) is 0. The highest BCUT2D eigenvalue weighted by atomic mass is 16.5. The maximum Gasteiger partial charge on any atom is 0.233 e. The van der Waals surface area contributed by atoms with Crippen LogP contribution < -0.4 is 9.64 Å². The summed E-state index contributed by atoms with van der Waals surface area (Å²) in [6, 6.07) is 6.03. The lowest BCUT2D eigenvalue weighted by Crippen LogP contribution is -2.36. The Hall–Kier alpha value is -2.24. The van der Waals surface area contributed by atoms with Crippen molar-refractivity contribution in [1.82, 2.24) is 20.2 Å². The number of ether oxygens (including phenoxy) is 1. The van der Waals surface area contributed by atoms with Gasteiger partial charge in [-0.15, -0.1) is 5.10 Å². The van der Waals surface area contributed by atoms with Crippen molar-refractivity contribution in [3.05, 3.63) is 35.3 Å². The van der Waals surface area contributed by atoms with Gasteiger partial charge < -0.3 is 9.64 Å². The summed E-state index contributed by atoms with van der Waals surface area (Å²) in [4.78, 5) is 11.4. The molecule has 0 aromatic carbocycles. The highest BCUT2D eigenvalue weighted by molar-refractivity contribution is 5.32. The maximum absolute atomic E-state index is 5.86. The Morgan fingerprint density at radius 1 is 1.00 bits per heavy atom. The molecule has 1 saturated heterocycles. The largest absolute Gasteiger partial charge is 0.476 e. The van der Waals surface area contributed by atoms with Crippen LogP contribution in [0, 0.1) is 19.8 Å². The smallest absolute Gasteiger partial charge is 0.233 e. The van der Waals surface area contributed by atoms with E-state index in [1.54, 1.807) is 0 Å². The third-order valence-corrected chi connectivity index (χ3v) is 4.99. The number of rotatable bonds is 5. The van der Waals surface area contributed by atoms with Gasteiger partial charge in [-0.25, -0.2) is 9.97 Å². The molecular formula is C19H25N5O. The van der Waals surface area contributed by atoms with Crippen LogP contribution in [0.3, 0.4) is 0 Å². The first-order chi connectivity index (χ1) is 12.2. The summed E-state index contributed by atoms with van der Waals surface area (Å²) >= 11 is 0. The second-order valence-corrected chi connectivity index (χ2v) is 7.26. The van der Waals surface area contributed by atoms with Crippen LogP contribution >= 0.6 is 0 Å². The molecule has 2 aliphatic rings. The van der Waals surface area contributed by atoms with Crippen LogP contribution in [-0.4, -0.2) is 39.9 Å². The molecular weight excluding hydrogens is 314 g/mol. The Morgan fingerprint density at radius 2 is 1.72 bits per heavy atom. The number of aryl methyl sites for hydroxylation is 2. The maximum atomic E-state index is 5.86. The van der Waals surface area contributed by atoms with Gasteiger partial charge in [0.15, 0.2) is 0 Å². The minimum atomic E-state index is 0.548. The molecule has 6 nitrogen and oxygen atoms in total. The second kappa shape index (κ2) is 6.94. The normalized spacial score (nSPS) is 18.4. The van der Waals surface area contributed by atoms with Crippen molar-refractivity contribution in [3.8, 4) is 5.88 Å². The second-order valence-electron chi connectivity index (χ2n) is 7.26. The first-order valence-corrected chi connectivity index (χ1v) is 9.21. The van der Waals surface area contributed by atoms with Gasteiger partial charge in [-0.2, -0.15) is 5.10 Å². The molecule has 0 N–H and O–H groups in total. The lowest BCUT2D eigenvalue weighted by Gasteiger charge is -2.32. The van der Waals surface area contributed by atoms with Gasteiger partial charge in [0.25, 0.3) is 0 Å². The average molecular weight is 339 g/mol. The van der Waals surface area contributed by atoms with Gasteiger partial charge in [-0.1, -0.05) is 0 Å². The predicted octanol–water partition coefficient (Wildman–Crippen LogP) is 3.06. The van der Waals surface area contributed by atoms with Gasteiger partial charge in [-0.3, -0.25) is 0 Å². The first-order valence-electron chi connectivity index (χ1n) is 9.21. The van der Waals surface area contributed by atoms with E-state index < -0.39 is 0 Å². The highest BCUT2D eigenvalue weighted by Crippen LogP contribution is 2.38. The Balaban J connectivity index is 1.27. The van der Waals surface area contributed by atoms with Crippen LogP contribution in [-0.2, 0) is 0 Å². The van der Waals surface area contributed by atoms with E-state index in [1.807, 2.05) is 26.0 Å². The number of anilines is 1. The average Bonchev–Trinajstić information content (AvgIpc) is 3.45. The van der Waals surface area contributed by atoms with Gasteiger partial charge in [-0.05, 0) is 57.6 Å². The Morgan fingerprint density at radius 3 is 2.32 bits per heavy atom. The minimum Gasteiger partial charge on any atom is -0.476 e. The quantitative estimate of drug-likeness (QED) is 0.834. The summed E-state index contributed by atoms with van der Waals surface area (Å²) in [5.41, 5.74) is 3.16. The molecule has 2 aromatic heterocycles. The van der Waals surface area contributed by atoms with Crippen LogP contribution in [0.4, 0.5) is 5.95 Å². The molecule has 0 unspecified atom stereocenters. The fraction of sp³-hybridized carbons (Fsp3) is 0.579. The third-order valence-electron chi connectivity index (χ3n) is 4.99. The molecule has 2 aromatic rings. The van der Waals surface area contributed by atoms with Crippen LogP contribution in [0.5, 0.6) is 5.88 Å². The molecule has 25 heavy (non-hydrogen) atoms. The fourth-order valence-corrected chi connectivity index (χ4v) is 3.36. The van der Waals surface area contributed by atoms with Gasteiger partial charge in [0.2, 0.25) is 11.8 Å². The van der Waals surface area contributed by atoms with E-state index in [9.17, 15) is 0 Å². The number of aromatic nitrogens is 4. The Labute approximate surface area is 148 Å². The van der Waals surface area contributed by atoms with E-state index in [0.717, 1.165) is 49.0 Å². The zero-order chi connectivity index (χ0) is 17.2. The van der Waals surface area contributed by atoms with E-state index >= 15 is 0 Å². The van der Waals surface area contributed by atoms with Gasteiger partial charge in [0.1, 0.15) is 0 Å².